The summed E-state index contributed by atoms with van der Waals surface area (Å²) in [5, 5.41) is 22.9. The van der Waals surface area contributed by atoms with Gasteiger partial charge in [0.25, 0.3) is 5.91 Å². The molecule has 10 nitrogen and oxygen atoms in total. The lowest BCUT2D eigenvalue weighted by molar-refractivity contribution is -0.161. The van der Waals surface area contributed by atoms with Gasteiger partial charge in [-0.15, -0.1) is 0 Å². The zero-order chi connectivity index (χ0) is 21.6. The van der Waals surface area contributed by atoms with E-state index in [1.54, 1.807) is 0 Å². The second-order valence-corrected chi connectivity index (χ2v) is 7.17. The number of nitrogens with one attached hydrogen (secondary N) is 1. The van der Waals surface area contributed by atoms with Crippen LogP contribution in [0.2, 0.25) is 0 Å². The first kappa shape index (κ1) is 22.9. The molecule has 2 heterocycles. The first-order chi connectivity index (χ1) is 13.7. The summed E-state index contributed by atoms with van der Waals surface area (Å²) in [6, 6.07) is 0.234. The van der Waals surface area contributed by atoms with E-state index in [2.05, 4.69) is 10.3 Å². The maximum absolute atomic E-state index is 12.5. The molecule has 0 unspecified atom stereocenters. The van der Waals surface area contributed by atoms with Gasteiger partial charge in [-0.25, -0.2) is 9.78 Å². The predicted octanol–water partition coefficient (Wildman–Crippen LogP) is 0.258. The lowest BCUT2D eigenvalue weighted by atomic mass is 10.1. The lowest BCUT2D eigenvalue weighted by Gasteiger charge is -2.27. The highest BCUT2D eigenvalue weighted by molar-refractivity contribution is 5.98. The topological polar surface area (TPSA) is 136 Å². The predicted molar refractivity (Wildman–Crippen MR) is 101 cm³/mol. The van der Waals surface area contributed by atoms with Gasteiger partial charge in [-0.05, 0) is 12.8 Å². The zero-order valence-corrected chi connectivity index (χ0v) is 17.0. The fraction of sp³-hybridized carbons (Fsp3) is 0.632. The summed E-state index contributed by atoms with van der Waals surface area (Å²) in [5.74, 6) is -1.71. The van der Waals surface area contributed by atoms with Crippen LogP contribution in [0.3, 0.4) is 0 Å². The van der Waals surface area contributed by atoms with Gasteiger partial charge in [0.05, 0.1) is 20.3 Å². The van der Waals surface area contributed by atoms with Crippen molar-refractivity contribution in [2.24, 2.45) is 5.92 Å². The minimum absolute atomic E-state index is 0.0178. The van der Waals surface area contributed by atoms with Gasteiger partial charge < -0.3 is 34.5 Å². The van der Waals surface area contributed by atoms with E-state index in [9.17, 15) is 19.8 Å². The largest absolute Gasteiger partial charge is 0.503 e. The highest BCUT2D eigenvalue weighted by Crippen LogP contribution is 2.27. The van der Waals surface area contributed by atoms with Crippen molar-refractivity contribution in [2.75, 3.05) is 26.9 Å². The standard InChI is InChI=1S/C19H28N2O8/c1-10(2)7-28-14-9-27-8-12(19(25)29-11(3)16(14)22)21-18(24)15-17(23)13(26-4)5-6-20-15/h5-6,10-12,14,16,22-23H,7-9H2,1-4H3,(H,21,24)/t11-,12-,14-,16-/m0/s1. The second kappa shape index (κ2) is 10.4. The fourth-order valence-electron chi connectivity index (χ4n) is 2.66. The van der Waals surface area contributed by atoms with Crippen molar-refractivity contribution < 1.29 is 38.7 Å². The normalized spacial score (nSPS) is 25.5. The Hall–Kier alpha value is -2.43. The van der Waals surface area contributed by atoms with Crippen LogP contribution >= 0.6 is 0 Å². The number of aromatic hydroxyl groups is 1. The molecular formula is C19H28N2O8. The molecule has 1 saturated heterocycles. The van der Waals surface area contributed by atoms with E-state index < -0.39 is 42.0 Å². The number of cyclic esters (lactones) is 1. The molecule has 0 saturated carbocycles. The Bertz CT molecular complexity index is 711. The summed E-state index contributed by atoms with van der Waals surface area (Å²) in [4.78, 5) is 28.8. The van der Waals surface area contributed by atoms with Crippen LogP contribution in [0, 0.1) is 5.92 Å². The van der Waals surface area contributed by atoms with E-state index in [4.69, 9.17) is 18.9 Å². The molecular weight excluding hydrogens is 384 g/mol. The van der Waals surface area contributed by atoms with E-state index >= 15 is 0 Å². The van der Waals surface area contributed by atoms with E-state index in [1.807, 2.05) is 13.8 Å². The molecule has 1 aliphatic rings. The van der Waals surface area contributed by atoms with Crippen molar-refractivity contribution in [1.82, 2.24) is 10.3 Å². The quantitative estimate of drug-likeness (QED) is 0.562. The lowest BCUT2D eigenvalue weighted by Crippen LogP contribution is -2.46. The molecule has 1 aromatic heterocycles. The second-order valence-electron chi connectivity index (χ2n) is 7.17. The van der Waals surface area contributed by atoms with Gasteiger partial charge >= 0.3 is 5.97 Å². The summed E-state index contributed by atoms with van der Waals surface area (Å²) in [6.45, 7) is 5.71. The van der Waals surface area contributed by atoms with Gasteiger partial charge in [0.1, 0.15) is 18.3 Å². The number of carbonyl (C=O) groups is 2. The number of hydrogen-bond donors (Lipinski definition) is 3. The maximum Gasteiger partial charge on any atom is 0.331 e. The average molecular weight is 412 g/mol. The molecule has 10 heteroatoms. The van der Waals surface area contributed by atoms with Gasteiger partial charge in [0.2, 0.25) is 0 Å². The molecule has 3 N–H and O–H groups in total. The first-order valence-electron chi connectivity index (χ1n) is 9.35. The minimum Gasteiger partial charge on any atom is -0.503 e. The van der Waals surface area contributed by atoms with Crippen molar-refractivity contribution in [3.63, 3.8) is 0 Å². The first-order valence-corrected chi connectivity index (χ1v) is 9.35. The molecule has 1 aliphatic heterocycles. The fourth-order valence-corrected chi connectivity index (χ4v) is 2.66. The molecule has 0 bridgehead atoms. The van der Waals surface area contributed by atoms with Gasteiger partial charge in [-0.3, -0.25) is 4.79 Å². The number of hydrogen-bond acceptors (Lipinski definition) is 9. The van der Waals surface area contributed by atoms with Crippen LogP contribution in [0.25, 0.3) is 0 Å². The summed E-state index contributed by atoms with van der Waals surface area (Å²) in [6.07, 6.45) is -1.35. The third-order valence-electron chi connectivity index (χ3n) is 4.29. The van der Waals surface area contributed by atoms with Crippen LogP contribution in [-0.4, -0.2) is 78.4 Å². The summed E-state index contributed by atoms with van der Waals surface area (Å²) < 4.78 is 21.4. The number of carbonyl (C=O) groups excluding carboxylic acids is 2. The molecule has 2 rings (SSSR count). The third kappa shape index (κ3) is 6.02. The molecule has 0 aromatic carbocycles. The van der Waals surface area contributed by atoms with Crippen molar-refractivity contribution in [3.8, 4) is 11.5 Å². The van der Waals surface area contributed by atoms with Crippen LogP contribution in [0.5, 0.6) is 11.5 Å². The number of esters is 1. The number of aliphatic hydroxyl groups is 1. The maximum atomic E-state index is 12.5. The summed E-state index contributed by atoms with van der Waals surface area (Å²) >= 11 is 0. The number of amides is 1. The Morgan fingerprint density at radius 3 is 2.79 bits per heavy atom. The molecule has 0 spiro atoms. The Morgan fingerprint density at radius 2 is 2.14 bits per heavy atom. The molecule has 1 aromatic rings. The molecule has 1 fully saturated rings. The SMILES string of the molecule is COc1ccnc(C(=O)N[C@H]2COC[C@H](OCC(C)C)[C@@H](O)[C@H](C)OC2=O)c1O. The highest BCUT2D eigenvalue weighted by atomic mass is 16.6. The number of aromatic nitrogens is 1. The molecule has 0 aliphatic carbocycles. The number of methoxy groups -OCH3 is 1. The van der Waals surface area contributed by atoms with Crippen molar-refractivity contribution in [1.29, 1.82) is 0 Å². The Kier molecular flexibility index (Phi) is 8.18. The van der Waals surface area contributed by atoms with E-state index in [0.29, 0.717) is 6.61 Å². The van der Waals surface area contributed by atoms with Gasteiger partial charge in [-0.1, -0.05) is 13.8 Å². The zero-order valence-electron chi connectivity index (χ0n) is 17.0. The molecule has 1 amide bonds. The van der Waals surface area contributed by atoms with Crippen LogP contribution in [0.1, 0.15) is 31.3 Å². The van der Waals surface area contributed by atoms with E-state index in [-0.39, 0.29) is 30.6 Å². The minimum atomic E-state index is -1.16. The van der Waals surface area contributed by atoms with Gasteiger partial charge in [0.15, 0.2) is 23.2 Å². The van der Waals surface area contributed by atoms with Crippen molar-refractivity contribution in [3.05, 3.63) is 18.0 Å². The number of ether oxygens (including phenoxy) is 4. The Balaban J connectivity index is 2.10. The number of pyridine rings is 1. The Morgan fingerprint density at radius 1 is 1.41 bits per heavy atom. The van der Waals surface area contributed by atoms with E-state index in [1.165, 1.54) is 26.3 Å². The third-order valence-corrected chi connectivity index (χ3v) is 4.29. The van der Waals surface area contributed by atoms with Crippen LogP contribution < -0.4 is 10.1 Å². The van der Waals surface area contributed by atoms with Crippen LogP contribution in [0.4, 0.5) is 0 Å². The molecule has 29 heavy (non-hydrogen) atoms. The smallest absolute Gasteiger partial charge is 0.331 e. The summed E-state index contributed by atoms with van der Waals surface area (Å²) in [7, 11) is 1.34. The van der Waals surface area contributed by atoms with E-state index in [0.717, 1.165) is 0 Å². The Labute approximate surface area is 169 Å². The average Bonchev–Trinajstić information content (AvgIpc) is 2.72. The monoisotopic (exact) mass is 412 g/mol. The van der Waals surface area contributed by atoms with Gasteiger partial charge in [0, 0.05) is 18.9 Å². The summed E-state index contributed by atoms with van der Waals surface area (Å²) in [5.41, 5.74) is -0.303. The number of nitrogens with zero attached hydrogens (tertiary/aromatic N) is 1. The molecule has 4 atom stereocenters. The van der Waals surface area contributed by atoms with Gasteiger partial charge in [-0.2, -0.15) is 0 Å². The van der Waals surface area contributed by atoms with Crippen LogP contribution in [0.15, 0.2) is 12.3 Å². The highest BCUT2D eigenvalue weighted by Gasteiger charge is 2.34. The molecule has 0 radical (unpaired) electrons. The number of aliphatic hydroxyl groups excluding tert-OH is 1. The van der Waals surface area contributed by atoms with Crippen molar-refractivity contribution in [2.45, 2.75) is 45.1 Å². The molecule has 162 valence electrons. The van der Waals surface area contributed by atoms with Crippen LogP contribution in [-0.2, 0) is 19.0 Å². The van der Waals surface area contributed by atoms with Crippen molar-refractivity contribution >= 4 is 11.9 Å². The number of rotatable bonds is 6.